The van der Waals surface area contributed by atoms with Crippen LogP contribution in [-0.4, -0.2) is 19.0 Å². The molecule has 0 aromatic heterocycles. The zero-order chi connectivity index (χ0) is 14.6. The molecular weight excluding hydrogens is 248 g/mol. The molecule has 1 unspecified atom stereocenters. The minimum Gasteiger partial charge on any atom is -0.382 e. The molecule has 20 heavy (non-hydrogen) atoms. The Hall–Kier alpha value is -1.51. The van der Waals surface area contributed by atoms with Crippen molar-refractivity contribution >= 4 is 11.6 Å². The molecule has 1 saturated carbocycles. The Labute approximate surface area is 122 Å². The van der Waals surface area contributed by atoms with Gasteiger partial charge in [0.15, 0.2) is 0 Å². The van der Waals surface area contributed by atoms with Gasteiger partial charge in [0, 0.05) is 18.8 Å². The Bertz CT molecular complexity index is 451. The topological polar surface area (TPSA) is 41.1 Å². The Kier molecular flexibility index (Phi) is 4.69. The van der Waals surface area contributed by atoms with Crippen LogP contribution in [0.3, 0.4) is 0 Å². The van der Waals surface area contributed by atoms with Gasteiger partial charge in [0.2, 0.25) is 5.91 Å². The number of amides is 1. The Morgan fingerprint density at radius 3 is 2.60 bits per heavy atom. The summed E-state index contributed by atoms with van der Waals surface area (Å²) in [4.78, 5) is 11.3. The Balaban J connectivity index is 1.92. The third kappa shape index (κ3) is 4.26. The molecule has 0 spiro atoms. The average molecular weight is 274 g/mol. The SMILES string of the molecule is CNC(=O)Cc1ccc(NC2CCCC(C)(C)C2)cc1. The second-order valence-corrected chi connectivity index (χ2v) is 6.65. The van der Waals surface area contributed by atoms with Gasteiger partial charge in [0.05, 0.1) is 6.42 Å². The summed E-state index contributed by atoms with van der Waals surface area (Å²) in [6.07, 6.45) is 5.57. The fourth-order valence-electron chi connectivity index (χ4n) is 3.05. The molecule has 1 amide bonds. The van der Waals surface area contributed by atoms with E-state index in [1.165, 1.54) is 25.7 Å². The van der Waals surface area contributed by atoms with E-state index in [4.69, 9.17) is 0 Å². The maximum Gasteiger partial charge on any atom is 0.224 e. The number of hydrogen-bond acceptors (Lipinski definition) is 2. The summed E-state index contributed by atoms with van der Waals surface area (Å²) in [6.45, 7) is 4.71. The third-order valence-corrected chi connectivity index (χ3v) is 4.17. The number of rotatable bonds is 4. The van der Waals surface area contributed by atoms with Gasteiger partial charge in [-0.05, 0) is 42.4 Å². The molecule has 0 saturated heterocycles. The van der Waals surface area contributed by atoms with Crippen molar-refractivity contribution in [1.29, 1.82) is 0 Å². The molecule has 1 aliphatic carbocycles. The van der Waals surface area contributed by atoms with Crippen LogP contribution in [0.2, 0.25) is 0 Å². The fourth-order valence-corrected chi connectivity index (χ4v) is 3.05. The highest BCUT2D eigenvalue weighted by atomic mass is 16.1. The lowest BCUT2D eigenvalue weighted by Gasteiger charge is -2.36. The molecular formula is C17H26N2O. The predicted octanol–water partition coefficient (Wildman–Crippen LogP) is 3.36. The molecule has 1 fully saturated rings. The van der Waals surface area contributed by atoms with Gasteiger partial charge in [-0.3, -0.25) is 4.79 Å². The molecule has 1 aliphatic rings. The summed E-state index contributed by atoms with van der Waals surface area (Å²) in [5.41, 5.74) is 2.67. The van der Waals surface area contributed by atoms with E-state index in [9.17, 15) is 4.79 Å². The van der Waals surface area contributed by atoms with Crippen molar-refractivity contribution in [3.8, 4) is 0 Å². The number of hydrogen-bond donors (Lipinski definition) is 2. The van der Waals surface area contributed by atoms with Gasteiger partial charge in [-0.1, -0.05) is 32.4 Å². The fraction of sp³-hybridized carbons (Fsp3) is 0.588. The summed E-state index contributed by atoms with van der Waals surface area (Å²) < 4.78 is 0. The van der Waals surface area contributed by atoms with Crippen molar-refractivity contribution in [3.63, 3.8) is 0 Å². The van der Waals surface area contributed by atoms with E-state index in [0.29, 0.717) is 17.9 Å². The van der Waals surface area contributed by atoms with Crippen molar-refractivity contribution in [3.05, 3.63) is 29.8 Å². The lowest BCUT2D eigenvalue weighted by molar-refractivity contribution is -0.119. The molecule has 0 radical (unpaired) electrons. The highest BCUT2D eigenvalue weighted by Gasteiger charge is 2.27. The van der Waals surface area contributed by atoms with Crippen LogP contribution in [-0.2, 0) is 11.2 Å². The molecule has 1 aromatic carbocycles. The summed E-state index contributed by atoms with van der Waals surface area (Å²) in [7, 11) is 1.67. The van der Waals surface area contributed by atoms with E-state index in [1.807, 2.05) is 12.1 Å². The standard InChI is InChI=1S/C17H26N2O/c1-17(2)10-4-5-15(12-17)19-14-8-6-13(7-9-14)11-16(20)18-3/h6-9,15,19H,4-5,10-12H2,1-3H3,(H,18,20). The van der Waals surface area contributed by atoms with Gasteiger partial charge in [0.1, 0.15) is 0 Å². The highest BCUT2D eigenvalue weighted by Crippen LogP contribution is 2.36. The second-order valence-electron chi connectivity index (χ2n) is 6.65. The van der Waals surface area contributed by atoms with Crippen LogP contribution in [0.1, 0.15) is 45.1 Å². The van der Waals surface area contributed by atoms with Crippen LogP contribution in [0.4, 0.5) is 5.69 Å². The van der Waals surface area contributed by atoms with E-state index >= 15 is 0 Å². The molecule has 2 rings (SSSR count). The smallest absolute Gasteiger partial charge is 0.224 e. The molecule has 0 heterocycles. The Morgan fingerprint density at radius 2 is 2.00 bits per heavy atom. The van der Waals surface area contributed by atoms with E-state index in [-0.39, 0.29) is 5.91 Å². The molecule has 110 valence electrons. The van der Waals surface area contributed by atoms with E-state index in [2.05, 4.69) is 36.6 Å². The maximum absolute atomic E-state index is 11.3. The predicted molar refractivity (Wildman–Crippen MR) is 83.9 cm³/mol. The molecule has 0 aliphatic heterocycles. The number of benzene rings is 1. The van der Waals surface area contributed by atoms with Crippen LogP contribution in [0.15, 0.2) is 24.3 Å². The first-order valence-corrected chi connectivity index (χ1v) is 7.54. The largest absolute Gasteiger partial charge is 0.382 e. The van der Waals surface area contributed by atoms with E-state index < -0.39 is 0 Å². The molecule has 0 bridgehead atoms. The first-order chi connectivity index (χ1) is 9.48. The maximum atomic E-state index is 11.3. The van der Waals surface area contributed by atoms with E-state index in [1.54, 1.807) is 7.05 Å². The summed E-state index contributed by atoms with van der Waals surface area (Å²) in [6, 6.07) is 8.81. The van der Waals surface area contributed by atoms with Crippen LogP contribution in [0.5, 0.6) is 0 Å². The monoisotopic (exact) mass is 274 g/mol. The minimum absolute atomic E-state index is 0.0553. The van der Waals surface area contributed by atoms with E-state index in [0.717, 1.165) is 11.3 Å². The summed E-state index contributed by atoms with van der Waals surface area (Å²) in [5, 5.41) is 6.28. The van der Waals surface area contributed by atoms with Crippen molar-refractivity contribution in [1.82, 2.24) is 5.32 Å². The summed E-state index contributed by atoms with van der Waals surface area (Å²) in [5.74, 6) is 0.0553. The van der Waals surface area contributed by atoms with Gasteiger partial charge >= 0.3 is 0 Å². The van der Waals surface area contributed by atoms with Gasteiger partial charge in [-0.25, -0.2) is 0 Å². The lowest BCUT2D eigenvalue weighted by atomic mass is 9.75. The molecule has 1 atom stereocenters. The quantitative estimate of drug-likeness (QED) is 0.884. The third-order valence-electron chi connectivity index (χ3n) is 4.17. The van der Waals surface area contributed by atoms with Crippen molar-refractivity contribution in [2.24, 2.45) is 5.41 Å². The van der Waals surface area contributed by atoms with Crippen molar-refractivity contribution in [2.75, 3.05) is 12.4 Å². The number of anilines is 1. The number of carbonyl (C=O) groups excluding carboxylic acids is 1. The van der Waals surface area contributed by atoms with Crippen LogP contribution in [0.25, 0.3) is 0 Å². The highest BCUT2D eigenvalue weighted by molar-refractivity contribution is 5.78. The van der Waals surface area contributed by atoms with Crippen molar-refractivity contribution < 1.29 is 4.79 Å². The van der Waals surface area contributed by atoms with Crippen LogP contribution >= 0.6 is 0 Å². The zero-order valence-electron chi connectivity index (χ0n) is 12.8. The molecule has 1 aromatic rings. The lowest BCUT2D eigenvalue weighted by Crippen LogP contribution is -2.31. The first kappa shape index (κ1) is 14.9. The Morgan fingerprint density at radius 1 is 1.30 bits per heavy atom. The molecule has 3 heteroatoms. The van der Waals surface area contributed by atoms with Gasteiger partial charge in [0.25, 0.3) is 0 Å². The normalized spacial score (nSPS) is 21.2. The van der Waals surface area contributed by atoms with Gasteiger partial charge in [-0.15, -0.1) is 0 Å². The number of nitrogens with one attached hydrogen (secondary N) is 2. The zero-order valence-corrected chi connectivity index (χ0v) is 12.8. The van der Waals surface area contributed by atoms with Crippen LogP contribution < -0.4 is 10.6 Å². The van der Waals surface area contributed by atoms with Crippen LogP contribution in [0, 0.1) is 5.41 Å². The molecule has 3 nitrogen and oxygen atoms in total. The van der Waals surface area contributed by atoms with Gasteiger partial charge in [-0.2, -0.15) is 0 Å². The van der Waals surface area contributed by atoms with Crippen molar-refractivity contribution in [2.45, 2.75) is 52.0 Å². The number of likely N-dealkylation sites (N-methyl/N-ethyl adjacent to an activating group) is 1. The summed E-state index contributed by atoms with van der Waals surface area (Å²) >= 11 is 0. The molecule has 2 N–H and O–H groups in total. The number of carbonyl (C=O) groups is 1. The minimum atomic E-state index is 0.0553. The second kappa shape index (κ2) is 6.29. The first-order valence-electron chi connectivity index (χ1n) is 7.54. The van der Waals surface area contributed by atoms with Gasteiger partial charge < -0.3 is 10.6 Å². The average Bonchev–Trinajstić information content (AvgIpc) is 2.40.